The van der Waals surface area contributed by atoms with Gasteiger partial charge in [-0.1, -0.05) is 108 Å². The van der Waals surface area contributed by atoms with E-state index in [1.807, 2.05) is 79.7 Å². The van der Waals surface area contributed by atoms with E-state index in [0.717, 1.165) is 72.4 Å². The van der Waals surface area contributed by atoms with Crippen molar-refractivity contribution >= 4 is 136 Å². The Labute approximate surface area is 800 Å². The molecule has 3 saturated heterocycles. The van der Waals surface area contributed by atoms with Crippen LogP contribution in [0.3, 0.4) is 0 Å². The molecule has 16 bridgehead atoms. The Kier molecular flexibility index (Phi) is 38.6. The SMILES string of the molecule is C.C.CCOC(=O)CCC1=C(C)c2cc3[n-]c(cc4nc(cc5[n-]c(cc1n2)c(C)c5CCC(=O)OCC)C(C)=C4CCC(=O)NC[C@H]1O[C@H](OC)[C@H]2OC(C)(C)O[C@H]2[C@@H]1O)c(C)c3CCC(=O)OCC.CO[C@H]1O[C@H](CNC(=O)CCC2=C(C)c3cc4[n-]c(cc5nc(cc6[n-]c(cc2n3)c(C)c6CCC(=O)O)C(C)=C5CCC(=O)O)c(C)c4CCC(=O)O)[C@@H](O)[C@H](O)[C@@H]1O.[Pd+2].[Pd+2]. The molecule has 133 heavy (non-hydrogen) atoms. The summed E-state index contributed by atoms with van der Waals surface area (Å²) in [5, 5.41) is 76.5. The number of nitrogens with zero attached hydrogens (tertiary/aromatic N) is 8. The fourth-order valence-electron chi connectivity index (χ4n) is 17.3. The van der Waals surface area contributed by atoms with Crippen molar-refractivity contribution in [3.8, 4) is 0 Å². The molecule has 34 nitrogen and oxygen atoms in total. The van der Waals surface area contributed by atoms with Crippen molar-refractivity contribution in [1.29, 1.82) is 0 Å². The molecule has 0 spiro atoms. The molecule has 13 heterocycles. The van der Waals surface area contributed by atoms with Gasteiger partial charge in [-0.2, -0.15) is 0 Å². The van der Waals surface area contributed by atoms with Crippen molar-refractivity contribution < 1.29 is 158 Å². The number of ether oxygens (including phenoxy) is 9. The van der Waals surface area contributed by atoms with Gasteiger partial charge in [-0.15, -0.1) is 44.1 Å². The third-order valence-corrected chi connectivity index (χ3v) is 24.5. The summed E-state index contributed by atoms with van der Waals surface area (Å²) in [5.74, 6) is -5.49. The number of rotatable bonds is 33. The average molecular weight is 2020 g/mol. The molecule has 6 aromatic rings. The van der Waals surface area contributed by atoms with Gasteiger partial charge in [-0.3, -0.25) is 38.4 Å². The molecule has 724 valence electrons. The van der Waals surface area contributed by atoms with E-state index in [1.165, 1.54) is 14.2 Å². The van der Waals surface area contributed by atoms with Crippen molar-refractivity contribution in [2.24, 2.45) is 0 Å². The van der Waals surface area contributed by atoms with Crippen LogP contribution in [0.2, 0.25) is 0 Å². The number of carbonyl (C=O) groups excluding carboxylic acids is 5. The van der Waals surface area contributed by atoms with Gasteiger partial charge in [0.05, 0.1) is 65.4 Å². The van der Waals surface area contributed by atoms with Gasteiger partial charge in [0.25, 0.3) is 0 Å². The summed E-state index contributed by atoms with van der Waals surface area (Å²) in [6.45, 7) is 24.7. The quantitative estimate of drug-likeness (QED) is 0.0105. The number of allylic oxidation sites excluding steroid dienone is 8. The standard InChI is InChI=1S/C52H66N5O12.C43H51N5O12.2CH4.2Pd/c1-11-64-45(59)19-15-32-28(5)36-22-39-31(14-18-44(58)53-26-43-48(62)49-50(51(63-10)67-43)69-52(8,9)68-49)27(4)35(54-39)23-40-33(16-20-46(60)65-12-2)29(6)37(56-40)25-42-34(17-21-47(61)66-13-3)30(7)38(57-42)24-41(32)55-36;1-19-23(6-10-36(49)44-18-35-40(56)41(57)42(58)43(59-5)60-35)31-14-28-20(2)24(7-11-37(50)51)33(46-28)16-30-22(4)26(9-13-39(54)55)34(48-30)17-29-21(3)25(8-12-38(52)53)32(47-29)15-27(19)45-31;;;;/h22-25,43,48-51,62H,11-21,26H2,1-10H3,(H2-,53,54,55,56,57,58);14-17,35,40-43,56-58H,6-13,18H2,1-5H3,(H6,44,45,46,47,48,49,50,51,52,53,54,55);2*1H4;;/q-1;;;;2*+2/p-3/t43-,48-,49+,50+,51+;35-,40-,41+,42+,43+;;;;/m11..../s1. The second kappa shape index (κ2) is 47.4. The third-order valence-electron chi connectivity index (χ3n) is 24.5. The van der Waals surface area contributed by atoms with E-state index in [4.69, 9.17) is 82.5 Å². The zero-order valence-electron chi connectivity index (χ0n) is 76.0. The predicted molar refractivity (Wildman–Crippen MR) is 488 cm³/mol. The van der Waals surface area contributed by atoms with Gasteiger partial charge in [0.2, 0.25) is 11.8 Å². The Hall–Kier alpha value is -10.1. The second-order valence-electron chi connectivity index (χ2n) is 33.3. The van der Waals surface area contributed by atoms with Gasteiger partial charge >= 0.3 is 76.7 Å². The number of methoxy groups -OCH3 is 2. The number of aryl methyl sites for hydroxylation is 8. The van der Waals surface area contributed by atoms with Crippen molar-refractivity contribution in [2.75, 3.05) is 47.1 Å². The summed E-state index contributed by atoms with van der Waals surface area (Å²) in [5.41, 5.74) is 21.8. The number of hydrogen-bond acceptors (Lipinski definition) is 25. The van der Waals surface area contributed by atoms with Crippen LogP contribution in [0.1, 0.15) is 244 Å². The Balaban J connectivity index is 0.000000321. The van der Waals surface area contributed by atoms with E-state index < -0.39 is 91.0 Å². The molecule has 0 saturated carbocycles. The number of carbonyl (C=O) groups is 8. The van der Waals surface area contributed by atoms with Crippen molar-refractivity contribution in [3.05, 3.63) is 139 Å². The number of carboxylic acid groups (broad SMARTS) is 3. The van der Waals surface area contributed by atoms with Gasteiger partial charge < -0.3 is 109 Å². The first-order valence-electron chi connectivity index (χ1n) is 43.6. The topological polar surface area (TPSA) is 493 Å². The van der Waals surface area contributed by atoms with Gasteiger partial charge in [0.15, 0.2) is 18.4 Å². The first kappa shape index (κ1) is 108. The molecule has 2 amide bonds. The number of aliphatic hydroxyl groups is 4. The summed E-state index contributed by atoms with van der Waals surface area (Å²) in [7, 11) is 2.77. The van der Waals surface area contributed by atoms with E-state index in [9.17, 15) is 74.1 Å². The van der Waals surface area contributed by atoms with Gasteiger partial charge in [0, 0.05) is 78.7 Å². The monoisotopic (exact) mass is 2020 g/mol. The van der Waals surface area contributed by atoms with Crippen LogP contribution in [0.25, 0.3) is 88.7 Å². The molecule has 6 aromatic heterocycles. The van der Waals surface area contributed by atoms with E-state index in [0.29, 0.717) is 132 Å². The van der Waals surface area contributed by atoms with E-state index in [2.05, 4.69) is 10.6 Å². The van der Waals surface area contributed by atoms with Crippen LogP contribution < -0.4 is 30.6 Å². The van der Waals surface area contributed by atoms with Crippen LogP contribution in [0, 0.1) is 27.7 Å². The summed E-state index contributed by atoms with van der Waals surface area (Å²) < 4.78 is 50.0. The summed E-state index contributed by atoms with van der Waals surface area (Å²) in [6, 6.07) is 14.8. The molecule has 0 aromatic carbocycles. The number of nitrogens with one attached hydrogen (secondary N) is 2. The van der Waals surface area contributed by atoms with Crippen LogP contribution >= 0.6 is 0 Å². The Bertz CT molecular complexity index is 5860. The van der Waals surface area contributed by atoms with E-state index in [-0.39, 0.29) is 189 Å². The molecule has 9 N–H and O–H groups in total. The van der Waals surface area contributed by atoms with Crippen molar-refractivity contribution in [3.63, 3.8) is 0 Å². The number of carboxylic acids is 3. The van der Waals surface area contributed by atoms with Gasteiger partial charge in [0.1, 0.15) is 48.8 Å². The van der Waals surface area contributed by atoms with Crippen LogP contribution in [-0.4, -0.2) is 218 Å². The molecule has 3 fully saturated rings. The molecule has 7 aliphatic rings. The fraction of sp³-hybridized carbons (Fsp3) is 0.505. The third kappa shape index (κ3) is 25.3. The number of amides is 2. The fourth-order valence-corrected chi connectivity index (χ4v) is 17.3. The molecule has 36 heteroatoms. The Morgan fingerprint density at radius 3 is 0.955 bits per heavy atom. The number of hydrogen-bond donors (Lipinski definition) is 9. The minimum Gasteiger partial charge on any atom is -0.657 e. The smallest absolute Gasteiger partial charge is 0.657 e. The first-order valence-corrected chi connectivity index (χ1v) is 43.6. The molecule has 0 unspecified atom stereocenters. The molecular formula is C97H122N10O24Pd2. The first-order chi connectivity index (χ1) is 61.4. The summed E-state index contributed by atoms with van der Waals surface area (Å²) in [6.07, 6.45) is -8.57. The Morgan fingerprint density at radius 1 is 0.368 bits per heavy atom. The normalized spacial score (nSPS) is 20.0. The number of aromatic nitrogens is 8. The maximum absolute atomic E-state index is 13.7. The zero-order valence-corrected chi connectivity index (χ0v) is 79.1. The van der Waals surface area contributed by atoms with Crippen LogP contribution in [0.4, 0.5) is 0 Å². The minimum atomic E-state index is -1.55. The number of aliphatic carboxylic acids is 3. The Morgan fingerprint density at radius 2 is 0.639 bits per heavy atom. The molecular weight excluding hydrogens is 1900 g/mol. The molecule has 7 aliphatic heterocycles. The van der Waals surface area contributed by atoms with Crippen LogP contribution in [0.15, 0.2) is 48.5 Å². The maximum Gasteiger partial charge on any atom is 2.00 e. The minimum absolute atomic E-state index is 0. The van der Waals surface area contributed by atoms with Crippen molar-refractivity contribution in [2.45, 2.75) is 275 Å². The summed E-state index contributed by atoms with van der Waals surface area (Å²) in [4.78, 5) is 141. The molecule has 13 rings (SSSR count). The number of fused-ring (bicyclic) bond motifs is 17. The van der Waals surface area contributed by atoms with Crippen molar-refractivity contribution in [1.82, 2.24) is 50.5 Å². The molecule has 0 aliphatic carbocycles. The summed E-state index contributed by atoms with van der Waals surface area (Å²) >= 11 is 0. The van der Waals surface area contributed by atoms with Gasteiger partial charge in [-0.25, -0.2) is 19.9 Å². The van der Waals surface area contributed by atoms with Crippen LogP contribution in [-0.2, 0) is 148 Å². The van der Waals surface area contributed by atoms with Crippen LogP contribution in [0.5, 0.6) is 0 Å². The zero-order chi connectivity index (χ0) is 93.3. The maximum atomic E-state index is 13.7. The molecule has 0 radical (unpaired) electrons. The molecule has 10 atom stereocenters. The predicted octanol–water partition coefficient (Wildman–Crippen LogP) is 11.1. The average Bonchev–Trinajstić information content (AvgIpc) is 1.62. The second-order valence-corrected chi connectivity index (χ2v) is 33.3. The van der Waals surface area contributed by atoms with Gasteiger partial charge in [-0.05, 0) is 186 Å². The number of aliphatic hydroxyl groups excluding tert-OH is 4. The largest absolute Gasteiger partial charge is 2.00 e. The van der Waals surface area contributed by atoms with E-state index >= 15 is 0 Å². The number of esters is 3. The van der Waals surface area contributed by atoms with E-state index in [1.54, 1.807) is 58.9 Å².